The summed E-state index contributed by atoms with van der Waals surface area (Å²) in [5.41, 5.74) is 4.60. The molecule has 4 nitrogen and oxygen atoms in total. The second-order valence-electron chi connectivity index (χ2n) is 4.66. The van der Waals surface area contributed by atoms with Gasteiger partial charge in [-0.15, -0.1) is 11.8 Å². The van der Waals surface area contributed by atoms with Crippen molar-refractivity contribution in [1.29, 1.82) is 0 Å². The van der Waals surface area contributed by atoms with E-state index in [0.717, 1.165) is 27.1 Å². The summed E-state index contributed by atoms with van der Waals surface area (Å²) in [4.78, 5) is 11.7. The molecule has 2 aromatic rings. The maximum absolute atomic E-state index is 11.7. The topological polar surface area (TPSA) is 50.7 Å². The molecule has 0 aliphatic rings. The van der Waals surface area contributed by atoms with Gasteiger partial charge in [0, 0.05) is 15.8 Å². The molecule has 6 heteroatoms. The Morgan fingerprint density at radius 3 is 2.70 bits per heavy atom. The van der Waals surface area contributed by atoms with Gasteiger partial charge in [0.15, 0.2) is 0 Å². The summed E-state index contributed by atoms with van der Waals surface area (Å²) >= 11 is 4.97. The third kappa shape index (κ3) is 6.08. The van der Waals surface area contributed by atoms with Gasteiger partial charge in [-0.1, -0.05) is 46.3 Å². The lowest BCUT2D eigenvalue weighted by atomic mass is 10.2. The fraction of sp³-hybridized carbons (Fsp3) is 0.176. The first-order valence-corrected chi connectivity index (χ1v) is 8.91. The number of amides is 1. The van der Waals surface area contributed by atoms with Crippen LogP contribution in [0.4, 0.5) is 0 Å². The number of carbonyl (C=O) groups is 1. The average molecular weight is 393 g/mol. The Labute approximate surface area is 148 Å². The minimum Gasteiger partial charge on any atom is -0.497 e. The average Bonchev–Trinajstić information content (AvgIpc) is 2.57. The van der Waals surface area contributed by atoms with Crippen molar-refractivity contribution in [2.24, 2.45) is 5.10 Å². The highest BCUT2D eigenvalue weighted by atomic mass is 79.9. The molecular weight excluding hydrogens is 376 g/mol. The van der Waals surface area contributed by atoms with Crippen LogP contribution in [0.1, 0.15) is 11.1 Å². The number of nitrogens with zero attached hydrogens (tertiary/aromatic N) is 1. The summed E-state index contributed by atoms with van der Waals surface area (Å²) in [6.07, 6.45) is 1.62. The molecule has 0 aliphatic carbocycles. The van der Waals surface area contributed by atoms with Crippen LogP contribution in [-0.2, 0) is 10.5 Å². The second kappa shape index (κ2) is 9.37. The van der Waals surface area contributed by atoms with Gasteiger partial charge in [-0.2, -0.15) is 5.10 Å². The second-order valence-corrected chi connectivity index (χ2v) is 6.50. The fourth-order valence-electron chi connectivity index (χ4n) is 1.77. The van der Waals surface area contributed by atoms with Gasteiger partial charge in [0.1, 0.15) is 5.75 Å². The van der Waals surface area contributed by atoms with Gasteiger partial charge in [-0.05, 0) is 23.8 Å². The van der Waals surface area contributed by atoms with Crippen LogP contribution < -0.4 is 10.2 Å². The first-order chi connectivity index (χ1) is 11.2. The Morgan fingerprint density at radius 2 is 2.00 bits per heavy atom. The van der Waals surface area contributed by atoms with E-state index in [4.69, 9.17) is 4.74 Å². The van der Waals surface area contributed by atoms with Gasteiger partial charge < -0.3 is 4.74 Å². The Kier molecular flexibility index (Phi) is 7.16. The lowest BCUT2D eigenvalue weighted by Gasteiger charge is -2.03. The number of halogens is 1. The van der Waals surface area contributed by atoms with Crippen LogP contribution in [0.5, 0.6) is 5.75 Å². The zero-order valence-corrected chi connectivity index (χ0v) is 15.1. The Morgan fingerprint density at radius 1 is 1.26 bits per heavy atom. The zero-order chi connectivity index (χ0) is 16.5. The highest BCUT2D eigenvalue weighted by Crippen LogP contribution is 2.16. The predicted molar refractivity (Wildman–Crippen MR) is 99.0 cm³/mol. The smallest absolute Gasteiger partial charge is 0.250 e. The molecule has 0 atom stereocenters. The molecule has 0 heterocycles. The molecule has 0 unspecified atom stereocenters. The number of thioether (sulfide) groups is 1. The summed E-state index contributed by atoms with van der Waals surface area (Å²) in [6.45, 7) is 0. The highest BCUT2D eigenvalue weighted by molar-refractivity contribution is 9.10. The van der Waals surface area contributed by atoms with E-state index < -0.39 is 0 Å². The Bertz CT molecular complexity index is 675. The first kappa shape index (κ1) is 17.6. The fourth-order valence-corrected chi connectivity index (χ4v) is 2.94. The molecule has 1 N–H and O–H groups in total. The summed E-state index contributed by atoms with van der Waals surface area (Å²) in [5, 5.41) is 3.97. The maximum Gasteiger partial charge on any atom is 0.250 e. The van der Waals surface area contributed by atoms with Gasteiger partial charge in [0.2, 0.25) is 5.91 Å². The van der Waals surface area contributed by atoms with Crippen molar-refractivity contribution in [3.63, 3.8) is 0 Å². The molecule has 0 spiro atoms. The first-order valence-electron chi connectivity index (χ1n) is 6.96. The van der Waals surface area contributed by atoms with Gasteiger partial charge >= 0.3 is 0 Å². The zero-order valence-electron chi connectivity index (χ0n) is 12.7. The lowest BCUT2D eigenvalue weighted by Crippen LogP contribution is -2.19. The van der Waals surface area contributed by atoms with E-state index in [1.165, 1.54) is 0 Å². The van der Waals surface area contributed by atoms with E-state index in [0.29, 0.717) is 5.75 Å². The number of rotatable bonds is 7. The summed E-state index contributed by atoms with van der Waals surface area (Å²) in [7, 11) is 1.64. The van der Waals surface area contributed by atoms with Crippen molar-refractivity contribution in [2.75, 3.05) is 12.9 Å². The van der Waals surface area contributed by atoms with E-state index >= 15 is 0 Å². The Balaban J connectivity index is 1.71. The van der Waals surface area contributed by atoms with Crippen LogP contribution in [0.2, 0.25) is 0 Å². The lowest BCUT2D eigenvalue weighted by molar-refractivity contribution is -0.118. The molecular formula is C17H17BrN2O2S. The van der Waals surface area contributed by atoms with E-state index in [9.17, 15) is 4.79 Å². The summed E-state index contributed by atoms with van der Waals surface area (Å²) in [6, 6.07) is 15.5. The predicted octanol–water partition coefficient (Wildman–Crippen LogP) is 3.84. The van der Waals surface area contributed by atoms with Crippen LogP contribution in [0.3, 0.4) is 0 Å². The molecule has 120 valence electrons. The number of nitrogens with one attached hydrogen (secondary N) is 1. The minimum atomic E-state index is -0.119. The Hall–Kier alpha value is -1.79. The molecule has 0 saturated carbocycles. The molecule has 0 saturated heterocycles. The summed E-state index contributed by atoms with van der Waals surface area (Å²) < 4.78 is 6.05. The van der Waals surface area contributed by atoms with E-state index in [2.05, 4.69) is 26.5 Å². The third-order valence-electron chi connectivity index (χ3n) is 2.96. The standard InChI is InChI=1S/C17H17BrN2O2S/c1-22-15-8-6-13(7-9-15)11-23-12-17(21)20-19-10-14-4-2-3-5-16(14)18/h2-10H,11-12H2,1H3,(H,20,21)/b19-10-. The number of ether oxygens (including phenoxy) is 1. The number of methoxy groups -OCH3 is 1. The minimum absolute atomic E-state index is 0.119. The maximum atomic E-state index is 11.7. The molecule has 0 aromatic heterocycles. The van der Waals surface area contributed by atoms with Crippen molar-refractivity contribution in [3.05, 3.63) is 64.1 Å². The van der Waals surface area contributed by atoms with Gasteiger partial charge in [-0.3, -0.25) is 4.79 Å². The quantitative estimate of drug-likeness (QED) is 0.575. The number of hydrogen-bond acceptors (Lipinski definition) is 4. The van der Waals surface area contributed by atoms with Crippen molar-refractivity contribution >= 4 is 39.8 Å². The molecule has 2 rings (SSSR count). The van der Waals surface area contributed by atoms with Crippen LogP contribution in [0, 0.1) is 0 Å². The normalized spacial score (nSPS) is 10.7. The number of hydrazone groups is 1. The molecule has 0 radical (unpaired) electrons. The number of hydrogen-bond donors (Lipinski definition) is 1. The molecule has 0 fully saturated rings. The molecule has 1 amide bonds. The van der Waals surface area contributed by atoms with Gasteiger partial charge in [0.05, 0.1) is 19.1 Å². The molecule has 2 aromatic carbocycles. The molecule has 0 aliphatic heterocycles. The van der Waals surface area contributed by atoms with E-state index in [-0.39, 0.29) is 5.91 Å². The van der Waals surface area contributed by atoms with Crippen LogP contribution in [0.15, 0.2) is 58.1 Å². The van der Waals surface area contributed by atoms with Crippen molar-refractivity contribution in [3.8, 4) is 5.75 Å². The molecule has 23 heavy (non-hydrogen) atoms. The monoisotopic (exact) mass is 392 g/mol. The van der Waals surface area contributed by atoms with Gasteiger partial charge in [0.25, 0.3) is 0 Å². The largest absolute Gasteiger partial charge is 0.497 e. The third-order valence-corrected chi connectivity index (χ3v) is 4.68. The van der Waals surface area contributed by atoms with Crippen molar-refractivity contribution in [2.45, 2.75) is 5.75 Å². The van der Waals surface area contributed by atoms with Gasteiger partial charge in [-0.25, -0.2) is 5.43 Å². The number of benzene rings is 2. The van der Waals surface area contributed by atoms with Crippen LogP contribution in [-0.4, -0.2) is 25.0 Å². The molecule has 0 bridgehead atoms. The van der Waals surface area contributed by atoms with Crippen LogP contribution in [0.25, 0.3) is 0 Å². The highest BCUT2D eigenvalue weighted by Gasteiger charge is 2.01. The van der Waals surface area contributed by atoms with Crippen molar-refractivity contribution in [1.82, 2.24) is 5.43 Å². The van der Waals surface area contributed by atoms with E-state index in [1.54, 1.807) is 25.1 Å². The SMILES string of the molecule is COc1ccc(CSCC(=O)N/N=C\c2ccccc2Br)cc1. The summed E-state index contributed by atoms with van der Waals surface area (Å²) in [5.74, 6) is 1.84. The number of carbonyl (C=O) groups excluding carboxylic acids is 1. The van der Waals surface area contributed by atoms with Crippen molar-refractivity contribution < 1.29 is 9.53 Å². The van der Waals surface area contributed by atoms with Crippen LogP contribution >= 0.6 is 27.7 Å². The van der Waals surface area contributed by atoms with E-state index in [1.807, 2.05) is 48.5 Å².